The van der Waals surface area contributed by atoms with E-state index in [0.717, 1.165) is 48.8 Å². The Balaban J connectivity index is 1.37. The Morgan fingerprint density at radius 3 is 2.46 bits per heavy atom. The minimum absolute atomic E-state index is 0.00677. The first kappa shape index (κ1) is 24.3. The zero-order valence-corrected chi connectivity index (χ0v) is 21.1. The van der Waals surface area contributed by atoms with Crippen molar-refractivity contribution in [1.82, 2.24) is 19.4 Å². The number of carboxylic acids is 1. The number of hydrogen-bond acceptors (Lipinski definition) is 7. The van der Waals surface area contributed by atoms with Crippen LogP contribution in [0.15, 0.2) is 29.2 Å². The van der Waals surface area contributed by atoms with Gasteiger partial charge in [-0.3, -0.25) is 19.1 Å². The number of aromatic nitrogens is 3. The van der Waals surface area contributed by atoms with E-state index in [0.29, 0.717) is 55.1 Å². The lowest BCUT2D eigenvalue weighted by molar-refractivity contribution is -0.143. The molecule has 3 heterocycles. The number of aliphatic carboxylic acids is 1. The van der Waals surface area contributed by atoms with Crippen LogP contribution >= 0.6 is 0 Å². The Morgan fingerprint density at radius 2 is 1.76 bits per heavy atom. The van der Waals surface area contributed by atoms with Gasteiger partial charge in [-0.05, 0) is 87.4 Å². The fourth-order valence-electron chi connectivity index (χ4n) is 5.97. The second kappa shape index (κ2) is 10.0. The van der Waals surface area contributed by atoms with E-state index >= 15 is 0 Å². The van der Waals surface area contributed by atoms with Crippen LogP contribution in [-0.2, 0) is 11.3 Å². The first-order chi connectivity index (χ1) is 18.0. The molecule has 0 bridgehead atoms. The van der Waals surface area contributed by atoms with E-state index in [1.165, 1.54) is 12.8 Å². The molecular weight excluding hydrogens is 470 g/mol. The van der Waals surface area contributed by atoms with Gasteiger partial charge >= 0.3 is 5.97 Å². The molecule has 9 heteroatoms. The molecular formula is C28H35N5O4. The van der Waals surface area contributed by atoms with Gasteiger partial charge in [0.1, 0.15) is 5.65 Å². The van der Waals surface area contributed by atoms with E-state index in [1.54, 1.807) is 0 Å². The molecule has 2 aromatic heterocycles. The smallest absolute Gasteiger partial charge is 0.306 e. The Labute approximate surface area is 215 Å². The number of fused-ring (bicyclic) bond motifs is 3. The SMILES string of the molecule is O=C(O)C1CCN(Cc2ccc3c(c2)c(=O)n(C2CCC(O)CC2)c2nc(NCC4CC4)ncc32)CC1. The molecule has 3 fully saturated rings. The van der Waals surface area contributed by atoms with E-state index < -0.39 is 5.97 Å². The average Bonchev–Trinajstić information content (AvgIpc) is 3.74. The number of piperidine rings is 1. The predicted molar refractivity (Wildman–Crippen MR) is 142 cm³/mol. The number of aliphatic hydroxyl groups excluding tert-OH is 1. The van der Waals surface area contributed by atoms with Gasteiger partial charge in [0, 0.05) is 36.1 Å². The number of rotatable bonds is 7. The molecule has 1 aromatic carbocycles. The highest BCUT2D eigenvalue weighted by atomic mass is 16.4. The standard InChI is InChI=1S/C28H35N5O4/c34-21-6-4-20(5-7-21)33-25-24(15-30-28(31-25)29-14-17-1-2-17)22-8-3-18(13-23(22)26(33)35)16-32-11-9-19(10-12-32)27(36)37/h3,8,13,15,17,19-21,34H,1-2,4-7,9-12,14,16H2,(H,36,37)(H,29,30,31). The molecule has 0 unspecified atom stereocenters. The number of nitrogens with one attached hydrogen (secondary N) is 1. The van der Waals surface area contributed by atoms with Crippen molar-refractivity contribution in [3.63, 3.8) is 0 Å². The van der Waals surface area contributed by atoms with Crippen LogP contribution in [0.4, 0.5) is 5.95 Å². The third kappa shape index (κ3) is 5.07. The largest absolute Gasteiger partial charge is 0.481 e. The molecule has 3 aliphatic rings. The van der Waals surface area contributed by atoms with Gasteiger partial charge in [0.25, 0.3) is 5.56 Å². The molecule has 0 amide bonds. The Morgan fingerprint density at radius 1 is 1.00 bits per heavy atom. The molecule has 0 radical (unpaired) electrons. The molecule has 3 aromatic rings. The number of carboxylic acid groups (broad SMARTS) is 1. The van der Waals surface area contributed by atoms with Gasteiger partial charge in [-0.15, -0.1) is 0 Å². The third-order valence-corrected chi connectivity index (χ3v) is 8.44. The average molecular weight is 506 g/mol. The number of anilines is 1. The number of hydrogen-bond donors (Lipinski definition) is 3. The van der Waals surface area contributed by atoms with Crippen LogP contribution in [0.1, 0.15) is 63.0 Å². The Kier molecular flexibility index (Phi) is 6.58. The number of likely N-dealkylation sites (tertiary alicyclic amines) is 1. The topological polar surface area (TPSA) is 121 Å². The minimum atomic E-state index is -0.707. The van der Waals surface area contributed by atoms with E-state index in [4.69, 9.17) is 4.98 Å². The van der Waals surface area contributed by atoms with E-state index in [9.17, 15) is 19.8 Å². The Bertz CT molecular complexity index is 1370. The van der Waals surface area contributed by atoms with Crippen molar-refractivity contribution in [3.05, 3.63) is 40.3 Å². The van der Waals surface area contributed by atoms with Crippen molar-refractivity contribution in [1.29, 1.82) is 0 Å². The molecule has 37 heavy (non-hydrogen) atoms. The highest BCUT2D eigenvalue weighted by Crippen LogP contribution is 2.33. The van der Waals surface area contributed by atoms with Crippen LogP contribution in [0.5, 0.6) is 0 Å². The maximum absolute atomic E-state index is 14.0. The summed E-state index contributed by atoms with van der Waals surface area (Å²) in [5.74, 6) is 0.278. The highest BCUT2D eigenvalue weighted by Gasteiger charge is 2.27. The molecule has 0 atom stereocenters. The van der Waals surface area contributed by atoms with Crippen molar-refractivity contribution < 1.29 is 15.0 Å². The van der Waals surface area contributed by atoms with Gasteiger partial charge in [0.15, 0.2) is 0 Å². The predicted octanol–water partition coefficient (Wildman–Crippen LogP) is 3.54. The molecule has 3 N–H and O–H groups in total. The van der Waals surface area contributed by atoms with Crippen molar-refractivity contribution in [2.24, 2.45) is 11.8 Å². The summed E-state index contributed by atoms with van der Waals surface area (Å²) in [6, 6.07) is 6.06. The zero-order chi connectivity index (χ0) is 25.5. The summed E-state index contributed by atoms with van der Waals surface area (Å²) < 4.78 is 1.86. The first-order valence-corrected chi connectivity index (χ1v) is 13.7. The van der Waals surface area contributed by atoms with Crippen molar-refractivity contribution in [2.75, 3.05) is 25.0 Å². The second-order valence-corrected chi connectivity index (χ2v) is 11.2. The molecule has 9 nitrogen and oxygen atoms in total. The number of pyridine rings is 1. The highest BCUT2D eigenvalue weighted by molar-refractivity contribution is 6.04. The number of aliphatic hydroxyl groups is 1. The van der Waals surface area contributed by atoms with Gasteiger partial charge in [-0.25, -0.2) is 4.98 Å². The van der Waals surface area contributed by atoms with Crippen molar-refractivity contribution in [3.8, 4) is 0 Å². The fraction of sp³-hybridized carbons (Fsp3) is 0.571. The summed E-state index contributed by atoms with van der Waals surface area (Å²) in [6.07, 6.45) is 8.17. The molecule has 6 rings (SSSR count). The van der Waals surface area contributed by atoms with Gasteiger partial charge in [-0.1, -0.05) is 12.1 Å². The summed E-state index contributed by atoms with van der Waals surface area (Å²) in [6.45, 7) is 3.03. The molecule has 2 aliphatic carbocycles. The van der Waals surface area contributed by atoms with Crippen LogP contribution in [0.25, 0.3) is 21.8 Å². The number of benzene rings is 1. The second-order valence-electron chi connectivity index (χ2n) is 11.2. The van der Waals surface area contributed by atoms with Gasteiger partial charge in [0.05, 0.1) is 12.0 Å². The molecule has 196 valence electrons. The van der Waals surface area contributed by atoms with Crippen LogP contribution in [0.2, 0.25) is 0 Å². The van der Waals surface area contributed by atoms with E-state index in [-0.39, 0.29) is 23.6 Å². The normalized spacial score (nSPS) is 23.5. The Hall–Kier alpha value is -3.04. The maximum Gasteiger partial charge on any atom is 0.306 e. The molecule has 1 aliphatic heterocycles. The van der Waals surface area contributed by atoms with Gasteiger partial charge in [0.2, 0.25) is 5.95 Å². The van der Waals surface area contributed by atoms with Crippen LogP contribution in [0.3, 0.4) is 0 Å². The quantitative estimate of drug-likeness (QED) is 0.417. The summed E-state index contributed by atoms with van der Waals surface area (Å²) in [4.78, 5) is 37.0. The summed E-state index contributed by atoms with van der Waals surface area (Å²) >= 11 is 0. The maximum atomic E-state index is 14.0. The number of nitrogens with zero attached hydrogens (tertiary/aromatic N) is 4. The van der Waals surface area contributed by atoms with E-state index in [2.05, 4.69) is 21.3 Å². The van der Waals surface area contributed by atoms with Crippen molar-refractivity contribution >= 4 is 33.7 Å². The zero-order valence-electron chi connectivity index (χ0n) is 21.1. The lowest BCUT2D eigenvalue weighted by atomic mass is 9.92. The molecule has 0 spiro atoms. The summed E-state index contributed by atoms with van der Waals surface area (Å²) in [5, 5.41) is 25.1. The molecule has 1 saturated heterocycles. The van der Waals surface area contributed by atoms with Gasteiger partial charge < -0.3 is 15.5 Å². The minimum Gasteiger partial charge on any atom is -0.481 e. The van der Waals surface area contributed by atoms with E-state index in [1.807, 2.05) is 22.9 Å². The third-order valence-electron chi connectivity index (χ3n) is 8.44. The summed E-state index contributed by atoms with van der Waals surface area (Å²) in [5.41, 5.74) is 1.67. The monoisotopic (exact) mass is 505 g/mol. The first-order valence-electron chi connectivity index (χ1n) is 13.7. The lowest BCUT2D eigenvalue weighted by Gasteiger charge is -2.30. The lowest BCUT2D eigenvalue weighted by Crippen LogP contribution is -2.35. The van der Waals surface area contributed by atoms with Crippen LogP contribution in [-0.4, -0.2) is 61.4 Å². The number of carbonyl (C=O) groups is 1. The fourth-order valence-corrected chi connectivity index (χ4v) is 5.97. The van der Waals surface area contributed by atoms with Crippen molar-refractivity contribution in [2.45, 2.75) is 70.1 Å². The van der Waals surface area contributed by atoms with Gasteiger partial charge in [-0.2, -0.15) is 4.98 Å². The van der Waals surface area contributed by atoms with Crippen LogP contribution < -0.4 is 10.9 Å². The van der Waals surface area contributed by atoms with Crippen LogP contribution in [0, 0.1) is 11.8 Å². The summed E-state index contributed by atoms with van der Waals surface area (Å²) in [7, 11) is 0. The molecule has 2 saturated carbocycles.